The Balaban J connectivity index is 2.51. The van der Waals surface area contributed by atoms with E-state index < -0.39 is 5.69 Å². The van der Waals surface area contributed by atoms with Crippen molar-refractivity contribution in [2.24, 2.45) is 0 Å². The number of thiol groups is 1. The number of H-pyrrole nitrogens is 1. The van der Waals surface area contributed by atoms with Crippen LogP contribution in [0.3, 0.4) is 0 Å². The Labute approximate surface area is 103 Å². The number of nitrogens with zero attached hydrogens (tertiary/aromatic N) is 1. The molecule has 88 valence electrons. The van der Waals surface area contributed by atoms with E-state index in [-0.39, 0.29) is 12.1 Å². The van der Waals surface area contributed by atoms with Crippen LogP contribution in [0.25, 0.3) is 0 Å². The fourth-order valence-corrected chi connectivity index (χ4v) is 1.76. The van der Waals surface area contributed by atoms with Gasteiger partial charge in [0, 0.05) is 5.56 Å². The molecule has 4 nitrogen and oxygen atoms in total. The standard InChI is InChI=1S/C12H12N2O2S/c1-8-10(17)13-12(16)14(11(8)15)7-9-5-3-2-4-6-9/h2-6,17H,7H2,1H3,(H,13,16). The summed E-state index contributed by atoms with van der Waals surface area (Å²) in [5, 5.41) is 0.323. The lowest BCUT2D eigenvalue weighted by molar-refractivity contribution is 0.672. The Morgan fingerprint density at radius 3 is 2.53 bits per heavy atom. The lowest BCUT2D eigenvalue weighted by Crippen LogP contribution is -2.37. The molecule has 1 aromatic carbocycles. The van der Waals surface area contributed by atoms with Gasteiger partial charge >= 0.3 is 5.69 Å². The number of hydrogen-bond acceptors (Lipinski definition) is 3. The zero-order valence-corrected chi connectivity index (χ0v) is 10.2. The van der Waals surface area contributed by atoms with Gasteiger partial charge in [0.25, 0.3) is 5.56 Å². The third-order valence-electron chi connectivity index (χ3n) is 2.58. The van der Waals surface area contributed by atoms with Crippen molar-refractivity contribution >= 4 is 12.6 Å². The van der Waals surface area contributed by atoms with E-state index in [1.165, 1.54) is 4.57 Å². The highest BCUT2D eigenvalue weighted by atomic mass is 32.1. The predicted molar refractivity (Wildman–Crippen MR) is 68.9 cm³/mol. The molecule has 0 aliphatic carbocycles. The third kappa shape index (κ3) is 2.34. The van der Waals surface area contributed by atoms with Crippen molar-refractivity contribution in [3.63, 3.8) is 0 Å². The molecule has 0 fully saturated rings. The number of aromatic nitrogens is 2. The van der Waals surface area contributed by atoms with Crippen LogP contribution in [0.15, 0.2) is 44.9 Å². The van der Waals surface area contributed by atoms with Crippen LogP contribution in [-0.2, 0) is 6.54 Å². The van der Waals surface area contributed by atoms with E-state index in [4.69, 9.17) is 0 Å². The molecule has 0 radical (unpaired) electrons. The summed E-state index contributed by atoms with van der Waals surface area (Å²) < 4.78 is 1.17. The molecule has 0 aliphatic heterocycles. The van der Waals surface area contributed by atoms with Gasteiger partial charge in [0.05, 0.1) is 11.6 Å². The Bertz CT molecular complexity index is 644. The highest BCUT2D eigenvalue weighted by molar-refractivity contribution is 7.80. The van der Waals surface area contributed by atoms with E-state index in [0.717, 1.165) is 5.56 Å². The van der Waals surface area contributed by atoms with Crippen molar-refractivity contribution < 1.29 is 0 Å². The summed E-state index contributed by atoms with van der Waals surface area (Å²) in [6, 6.07) is 9.37. The van der Waals surface area contributed by atoms with E-state index in [1.54, 1.807) is 6.92 Å². The van der Waals surface area contributed by atoms with E-state index in [0.29, 0.717) is 10.6 Å². The molecule has 2 aromatic rings. The second kappa shape index (κ2) is 4.63. The van der Waals surface area contributed by atoms with Crippen molar-refractivity contribution in [3.05, 3.63) is 62.3 Å². The van der Waals surface area contributed by atoms with E-state index in [1.807, 2.05) is 30.3 Å². The third-order valence-corrected chi connectivity index (χ3v) is 3.02. The van der Waals surface area contributed by atoms with Crippen LogP contribution in [0.5, 0.6) is 0 Å². The van der Waals surface area contributed by atoms with Gasteiger partial charge in [-0.3, -0.25) is 9.36 Å². The number of rotatable bonds is 2. The first-order valence-electron chi connectivity index (χ1n) is 5.16. The average molecular weight is 248 g/mol. The summed E-state index contributed by atoms with van der Waals surface area (Å²) in [6.45, 7) is 1.91. The van der Waals surface area contributed by atoms with Gasteiger partial charge in [-0.25, -0.2) is 4.79 Å². The molecule has 0 saturated carbocycles. The number of benzene rings is 1. The van der Waals surface area contributed by atoms with Crippen molar-refractivity contribution in [1.29, 1.82) is 0 Å². The molecular weight excluding hydrogens is 236 g/mol. The molecule has 5 heteroatoms. The zero-order valence-electron chi connectivity index (χ0n) is 9.30. The number of aromatic amines is 1. The van der Waals surface area contributed by atoms with E-state index in [2.05, 4.69) is 17.6 Å². The van der Waals surface area contributed by atoms with Crippen LogP contribution in [0.4, 0.5) is 0 Å². The molecule has 2 rings (SSSR count). The average Bonchev–Trinajstić information content (AvgIpc) is 2.33. The van der Waals surface area contributed by atoms with Gasteiger partial charge in [-0.05, 0) is 12.5 Å². The molecule has 0 atom stereocenters. The lowest BCUT2D eigenvalue weighted by Gasteiger charge is -2.06. The maximum absolute atomic E-state index is 11.9. The Hall–Kier alpha value is -1.75. The molecule has 0 aliphatic rings. The second-order valence-electron chi connectivity index (χ2n) is 3.78. The second-order valence-corrected chi connectivity index (χ2v) is 4.23. The van der Waals surface area contributed by atoms with Crippen molar-refractivity contribution in [2.45, 2.75) is 18.5 Å². The van der Waals surface area contributed by atoms with Gasteiger partial charge in [-0.15, -0.1) is 12.6 Å². The highest BCUT2D eigenvalue weighted by Crippen LogP contribution is 2.02. The minimum Gasteiger partial charge on any atom is -0.302 e. The minimum absolute atomic E-state index is 0.268. The van der Waals surface area contributed by atoms with Crippen LogP contribution in [0.2, 0.25) is 0 Å². The monoisotopic (exact) mass is 248 g/mol. The fraction of sp³-hybridized carbons (Fsp3) is 0.167. The van der Waals surface area contributed by atoms with E-state index >= 15 is 0 Å². The number of hydrogen-bond donors (Lipinski definition) is 2. The normalized spacial score (nSPS) is 10.5. The quantitative estimate of drug-likeness (QED) is 0.619. The largest absolute Gasteiger partial charge is 0.329 e. The first-order valence-corrected chi connectivity index (χ1v) is 5.61. The molecule has 1 N–H and O–H groups in total. The Morgan fingerprint density at radius 1 is 1.24 bits per heavy atom. The van der Waals surface area contributed by atoms with Gasteiger partial charge in [0.2, 0.25) is 0 Å². The van der Waals surface area contributed by atoms with Crippen molar-refractivity contribution in [3.8, 4) is 0 Å². The predicted octanol–water partition coefficient (Wildman–Crippen LogP) is 1.18. The first-order chi connectivity index (χ1) is 8.09. The highest BCUT2D eigenvalue weighted by Gasteiger charge is 2.08. The van der Waals surface area contributed by atoms with Gasteiger partial charge < -0.3 is 4.98 Å². The number of nitrogens with one attached hydrogen (secondary N) is 1. The molecule has 1 heterocycles. The van der Waals surface area contributed by atoms with Gasteiger partial charge in [0.15, 0.2) is 0 Å². The maximum Gasteiger partial charge on any atom is 0.329 e. The minimum atomic E-state index is -0.436. The first kappa shape index (κ1) is 11.7. The van der Waals surface area contributed by atoms with Gasteiger partial charge in [-0.1, -0.05) is 30.3 Å². The molecule has 0 spiro atoms. The van der Waals surface area contributed by atoms with Crippen molar-refractivity contribution in [1.82, 2.24) is 9.55 Å². The van der Waals surface area contributed by atoms with Crippen molar-refractivity contribution in [2.75, 3.05) is 0 Å². The Morgan fingerprint density at radius 2 is 1.88 bits per heavy atom. The van der Waals surface area contributed by atoms with E-state index in [9.17, 15) is 9.59 Å². The molecule has 17 heavy (non-hydrogen) atoms. The molecule has 0 saturated heterocycles. The molecule has 1 aromatic heterocycles. The SMILES string of the molecule is Cc1c(S)[nH]c(=O)n(Cc2ccccc2)c1=O. The lowest BCUT2D eigenvalue weighted by atomic mass is 10.2. The molecule has 0 unspecified atom stereocenters. The fourth-order valence-electron chi connectivity index (χ4n) is 1.57. The smallest absolute Gasteiger partial charge is 0.302 e. The topological polar surface area (TPSA) is 54.9 Å². The molecule has 0 amide bonds. The van der Waals surface area contributed by atoms with Gasteiger partial charge in [-0.2, -0.15) is 0 Å². The summed E-state index contributed by atoms with van der Waals surface area (Å²) in [6.07, 6.45) is 0. The summed E-state index contributed by atoms with van der Waals surface area (Å²) in [5.41, 5.74) is 0.618. The van der Waals surface area contributed by atoms with Crippen LogP contribution in [-0.4, -0.2) is 9.55 Å². The van der Waals surface area contributed by atoms with Crippen LogP contribution in [0.1, 0.15) is 11.1 Å². The summed E-state index contributed by atoms with van der Waals surface area (Å²) in [4.78, 5) is 26.1. The maximum atomic E-state index is 11.9. The zero-order chi connectivity index (χ0) is 12.4. The molecule has 0 bridgehead atoms. The summed E-state index contributed by atoms with van der Waals surface area (Å²) in [5.74, 6) is 0. The van der Waals surface area contributed by atoms with Crippen LogP contribution >= 0.6 is 12.6 Å². The summed E-state index contributed by atoms with van der Waals surface area (Å²) >= 11 is 4.04. The van der Waals surface area contributed by atoms with Crippen LogP contribution < -0.4 is 11.2 Å². The van der Waals surface area contributed by atoms with Crippen LogP contribution in [0, 0.1) is 6.92 Å². The van der Waals surface area contributed by atoms with Gasteiger partial charge in [0.1, 0.15) is 0 Å². The summed E-state index contributed by atoms with van der Waals surface area (Å²) in [7, 11) is 0. The Kier molecular flexibility index (Phi) is 3.19. The molecular formula is C12H12N2O2S.